The number of carbonyl (C=O) groups is 1. The molecule has 0 radical (unpaired) electrons. The summed E-state index contributed by atoms with van der Waals surface area (Å²) in [5.41, 5.74) is 7.49. The van der Waals surface area contributed by atoms with Crippen LogP contribution in [0.15, 0.2) is 48.8 Å². The summed E-state index contributed by atoms with van der Waals surface area (Å²) in [4.78, 5) is 21.8. The van der Waals surface area contributed by atoms with Gasteiger partial charge in [-0.1, -0.05) is 23.5 Å². The van der Waals surface area contributed by atoms with Gasteiger partial charge in [-0.25, -0.2) is 14.5 Å². The van der Waals surface area contributed by atoms with Crippen molar-refractivity contribution in [1.82, 2.24) is 25.1 Å². The van der Waals surface area contributed by atoms with Gasteiger partial charge in [0, 0.05) is 29.1 Å². The minimum atomic E-state index is -0.523. The van der Waals surface area contributed by atoms with Crippen LogP contribution in [0.2, 0.25) is 0 Å². The van der Waals surface area contributed by atoms with Crippen LogP contribution in [0.4, 0.5) is 9.93 Å². The second-order valence-corrected chi connectivity index (χ2v) is 9.62. The van der Waals surface area contributed by atoms with Crippen molar-refractivity contribution in [2.45, 2.75) is 31.2 Å². The number of nitrogens with one attached hydrogen (secondary N) is 2. The Morgan fingerprint density at radius 1 is 1.18 bits per heavy atom. The van der Waals surface area contributed by atoms with Gasteiger partial charge in [0.05, 0.1) is 34.8 Å². The standard InChI is InChI=1S/C25H24N6O2S/c1-26-25(11-12-25)16-5-7-17(8-6-16)31-21-18(20(30-31)15-4-3-13-27-14-15)9-10-19-22(21)34-23(28-19)29-24(32)33-2/h3-8,13-14,26H,9-12H2,1-2H3,(H,28,29,32). The van der Waals surface area contributed by atoms with Gasteiger partial charge in [0.1, 0.15) is 0 Å². The fourth-order valence-electron chi connectivity index (χ4n) is 4.71. The Morgan fingerprint density at radius 2 is 2.00 bits per heavy atom. The lowest BCUT2D eigenvalue weighted by atomic mass is 9.95. The number of fused-ring (bicyclic) bond motifs is 3. The molecule has 34 heavy (non-hydrogen) atoms. The van der Waals surface area contributed by atoms with Gasteiger partial charge >= 0.3 is 6.09 Å². The maximum Gasteiger partial charge on any atom is 0.413 e. The van der Waals surface area contributed by atoms with Crippen molar-refractivity contribution in [3.63, 3.8) is 0 Å². The van der Waals surface area contributed by atoms with Crippen molar-refractivity contribution in [2.75, 3.05) is 19.5 Å². The number of amides is 1. The highest BCUT2D eigenvalue weighted by molar-refractivity contribution is 7.19. The molecule has 1 saturated carbocycles. The van der Waals surface area contributed by atoms with Gasteiger partial charge < -0.3 is 10.1 Å². The van der Waals surface area contributed by atoms with Crippen LogP contribution in [0.1, 0.15) is 29.7 Å². The van der Waals surface area contributed by atoms with E-state index in [0.29, 0.717) is 5.13 Å². The van der Waals surface area contributed by atoms with Crippen molar-refractivity contribution in [2.24, 2.45) is 0 Å². The smallest absolute Gasteiger partial charge is 0.413 e. The van der Waals surface area contributed by atoms with E-state index in [2.05, 4.69) is 44.9 Å². The Bertz CT molecular complexity index is 1370. The van der Waals surface area contributed by atoms with E-state index in [1.54, 1.807) is 6.20 Å². The summed E-state index contributed by atoms with van der Waals surface area (Å²) in [5.74, 6) is 0. The molecule has 9 heteroatoms. The van der Waals surface area contributed by atoms with E-state index in [1.165, 1.54) is 29.6 Å². The van der Waals surface area contributed by atoms with Gasteiger partial charge in [0.2, 0.25) is 0 Å². The summed E-state index contributed by atoms with van der Waals surface area (Å²) in [7, 11) is 3.37. The molecular weight excluding hydrogens is 448 g/mol. The van der Waals surface area contributed by atoms with Crippen molar-refractivity contribution >= 4 is 22.6 Å². The number of thiazole rings is 1. The summed E-state index contributed by atoms with van der Waals surface area (Å²) in [6.45, 7) is 0. The summed E-state index contributed by atoms with van der Waals surface area (Å²) < 4.78 is 6.76. The Labute approximate surface area is 201 Å². The number of rotatable bonds is 5. The Morgan fingerprint density at radius 3 is 2.68 bits per heavy atom. The lowest BCUT2D eigenvalue weighted by molar-refractivity contribution is 0.187. The molecule has 3 aromatic heterocycles. The van der Waals surface area contributed by atoms with Crippen LogP contribution in [0.5, 0.6) is 0 Å². The molecular formula is C25H24N6O2S. The first-order chi connectivity index (χ1) is 16.6. The molecule has 2 aliphatic rings. The van der Waals surface area contributed by atoms with Crippen LogP contribution >= 0.6 is 11.3 Å². The number of hydrogen-bond donors (Lipinski definition) is 2. The van der Waals surface area contributed by atoms with E-state index in [1.807, 2.05) is 30.1 Å². The molecule has 0 saturated heterocycles. The molecule has 0 atom stereocenters. The average Bonchev–Trinajstić information content (AvgIpc) is 3.42. The predicted octanol–water partition coefficient (Wildman–Crippen LogP) is 4.54. The molecule has 0 unspecified atom stereocenters. The van der Waals surface area contributed by atoms with Gasteiger partial charge in [-0.15, -0.1) is 0 Å². The van der Waals surface area contributed by atoms with E-state index in [9.17, 15) is 4.79 Å². The molecule has 1 fully saturated rings. The van der Waals surface area contributed by atoms with Gasteiger partial charge in [-0.2, -0.15) is 5.10 Å². The number of pyridine rings is 1. The third kappa shape index (κ3) is 3.39. The molecule has 1 amide bonds. The number of aryl methyl sites for hydroxylation is 1. The number of nitrogens with zero attached hydrogens (tertiary/aromatic N) is 4. The fraction of sp³-hybridized carbons (Fsp3) is 0.280. The first kappa shape index (κ1) is 21.0. The molecule has 0 aliphatic heterocycles. The number of benzene rings is 1. The Hall–Kier alpha value is -3.56. The Balaban J connectivity index is 1.49. The zero-order valence-corrected chi connectivity index (χ0v) is 19.8. The maximum atomic E-state index is 11.8. The van der Waals surface area contributed by atoms with E-state index >= 15 is 0 Å². The first-order valence-electron chi connectivity index (χ1n) is 11.3. The molecule has 8 nitrogen and oxygen atoms in total. The lowest BCUT2D eigenvalue weighted by Gasteiger charge is -2.16. The first-order valence-corrected chi connectivity index (χ1v) is 12.1. The van der Waals surface area contributed by atoms with E-state index in [0.717, 1.165) is 58.9 Å². The molecule has 1 aromatic carbocycles. The number of aromatic nitrogens is 4. The molecule has 0 bridgehead atoms. The summed E-state index contributed by atoms with van der Waals surface area (Å²) in [6.07, 6.45) is 7.01. The average molecular weight is 473 g/mol. The van der Waals surface area contributed by atoms with Crippen LogP contribution in [0.3, 0.4) is 0 Å². The summed E-state index contributed by atoms with van der Waals surface area (Å²) in [6, 6.07) is 12.6. The third-order valence-electron chi connectivity index (χ3n) is 6.73. The van der Waals surface area contributed by atoms with Crippen molar-refractivity contribution in [1.29, 1.82) is 0 Å². The monoisotopic (exact) mass is 472 g/mol. The zero-order valence-electron chi connectivity index (χ0n) is 19.0. The molecule has 2 N–H and O–H groups in total. The van der Waals surface area contributed by atoms with E-state index < -0.39 is 6.09 Å². The van der Waals surface area contributed by atoms with Crippen LogP contribution in [0.25, 0.3) is 27.5 Å². The topological polar surface area (TPSA) is 94.0 Å². The predicted molar refractivity (Wildman–Crippen MR) is 131 cm³/mol. The highest BCUT2D eigenvalue weighted by atomic mass is 32.1. The van der Waals surface area contributed by atoms with Crippen molar-refractivity contribution < 1.29 is 9.53 Å². The molecule has 0 spiro atoms. The van der Waals surface area contributed by atoms with Crippen LogP contribution < -0.4 is 10.6 Å². The molecule has 3 heterocycles. The van der Waals surface area contributed by atoms with Gasteiger partial charge in [0.15, 0.2) is 5.13 Å². The number of carbonyl (C=O) groups excluding carboxylic acids is 1. The number of methoxy groups -OCH3 is 1. The largest absolute Gasteiger partial charge is 0.453 e. The second-order valence-electron chi connectivity index (χ2n) is 8.62. The molecule has 172 valence electrons. The molecule has 4 aromatic rings. The third-order valence-corrected chi connectivity index (χ3v) is 7.75. The zero-order chi connectivity index (χ0) is 23.3. The fourth-order valence-corrected chi connectivity index (χ4v) is 5.77. The minimum absolute atomic E-state index is 0.113. The van der Waals surface area contributed by atoms with Gasteiger partial charge in [-0.3, -0.25) is 10.3 Å². The molecule has 6 rings (SSSR count). The second kappa shape index (κ2) is 8.03. The lowest BCUT2D eigenvalue weighted by Crippen LogP contribution is -2.24. The van der Waals surface area contributed by atoms with Gasteiger partial charge in [-0.05, 0) is 62.6 Å². The van der Waals surface area contributed by atoms with E-state index in [4.69, 9.17) is 9.84 Å². The Kier molecular flexibility index (Phi) is 4.96. The summed E-state index contributed by atoms with van der Waals surface area (Å²) >= 11 is 1.45. The summed E-state index contributed by atoms with van der Waals surface area (Å²) in [5, 5.41) is 11.8. The highest BCUT2D eigenvalue weighted by Gasteiger charge is 2.42. The highest BCUT2D eigenvalue weighted by Crippen LogP contribution is 2.46. The van der Waals surface area contributed by atoms with Crippen LogP contribution in [-0.2, 0) is 23.1 Å². The normalized spacial score (nSPS) is 15.4. The van der Waals surface area contributed by atoms with Crippen LogP contribution in [-0.4, -0.2) is 40.0 Å². The minimum Gasteiger partial charge on any atom is -0.453 e. The number of hydrogen-bond acceptors (Lipinski definition) is 7. The van der Waals surface area contributed by atoms with E-state index in [-0.39, 0.29) is 5.54 Å². The quantitative estimate of drug-likeness (QED) is 0.443. The van der Waals surface area contributed by atoms with Gasteiger partial charge in [0.25, 0.3) is 0 Å². The van der Waals surface area contributed by atoms with Crippen molar-refractivity contribution in [3.05, 3.63) is 65.6 Å². The SMILES string of the molecule is CNC1(c2ccc(-n3nc(-c4cccnc4)c4c3-c3sc(NC(=O)OC)nc3CC4)cc2)CC1. The number of ether oxygens (including phenoxy) is 1. The maximum absolute atomic E-state index is 11.8. The van der Waals surface area contributed by atoms with Crippen molar-refractivity contribution in [3.8, 4) is 27.5 Å². The molecule has 2 aliphatic carbocycles. The van der Waals surface area contributed by atoms with Crippen LogP contribution in [0, 0.1) is 0 Å². The number of anilines is 1.